The third-order valence-corrected chi connectivity index (χ3v) is 9.27. The van der Waals surface area contributed by atoms with E-state index in [1.807, 2.05) is 37.3 Å². The molecule has 0 saturated heterocycles. The van der Waals surface area contributed by atoms with Gasteiger partial charge in [-0.1, -0.05) is 80.8 Å². The minimum absolute atomic E-state index is 0.0623. The molecule has 9 heteroatoms. The quantitative estimate of drug-likeness (QED) is 0.321. The number of benzene rings is 3. The first-order valence-electron chi connectivity index (χ1n) is 14.2. The first-order chi connectivity index (χ1) is 19.8. The lowest BCUT2D eigenvalue weighted by Crippen LogP contribution is -2.54. The number of anilines is 1. The second kappa shape index (κ2) is 14.2. The Balaban J connectivity index is 1.69. The van der Waals surface area contributed by atoms with Crippen molar-refractivity contribution >= 4 is 27.5 Å². The Kier molecular flexibility index (Phi) is 10.4. The van der Waals surface area contributed by atoms with Crippen molar-refractivity contribution in [3.63, 3.8) is 0 Å². The Bertz CT molecular complexity index is 1390. The molecule has 1 fully saturated rings. The van der Waals surface area contributed by atoms with Crippen molar-refractivity contribution in [2.24, 2.45) is 0 Å². The molecule has 4 rings (SSSR count). The van der Waals surface area contributed by atoms with Gasteiger partial charge in [0.1, 0.15) is 18.3 Å². The number of carbonyl (C=O) groups is 2. The Labute approximate surface area is 243 Å². The van der Waals surface area contributed by atoms with Gasteiger partial charge in [-0.3, -0.25) is 13.9 Å². The summed E-state index contributed by atoms with van der Waals surface area (Å²) < 4.78 is 34.3. The maximum atomic E-state index is 14.2. The van der Waals surface area contributed by atoms with Gasteiger partial charge in [-0.2, -0.15) is 0 Å². The minimum atomic E-state index is -4.13. The molecule has 1 aliphatic carbocycles. The zero-order valence-electron chi connectivity index (χ0n) is 23.7. The van der Waals surface area contributed by atoms with E-state index in [1.54, 1.807) is 42.5 Å². The average Bonchev–Trinajstić information content (AvgIpc) is 3.01. The van der Waals surface area contributed by atoms with Crippen LogP contribution in [0.2, 0.25) is 0 Å². The van der Waals surface area contributed by atoms with Gasteiger partial charge in [-0.25, -0.2) is 8.42 Å². The van der Waals surface area contributed by atoms with Gasteiger partial charge in [-0.05, 0) is 49.1 Å². The topological polar surface area (TPSA) is 96.0 Å². The van der Waals surface area contributed by atoms with Crippen LogP contribution in [0.5, 0.6) is 5.75 Å². The largest absolute Gasteiger partial charge is 0.497 e. The van der Waals surface area contributed by atoms with Gasteiger partial charge in [0.2, 0.25) is 11.8 Å². The molecule has 1 saturated carbocycles. The van der Waals surface area contributed by atoms with Crippen LogP contribution in [0, 0.1) is 0 Å². The first-order valence-corrected chi connectivity index (χ1v) is 15.6. The van der Waals surface area contributed by atoms with E-state index in [0.29, 0.717) is 17.9 Å². The lowest BCUT2D eigenvalue weighted by molar-refractivity contribution is -0.140. The molecule has 8 nitrogen and oxygen atoms in total. The van der Waals surface area contributed by atoms with Crippen molar-refractivity contribution in [2.75, 3.05) is 18.0 Å². The zero-order chi connectivity index (χ0) is 29.2. The summed E-state index contributed by atoms with van der Waals surface area (Å²) in [6.45, 7) is 1.56. The summed E-state index contributed by atoms with van der Waals surface area (Å²) in [5, 5.41) is 3.17. The highest BCUT2D eigenvalue weighted by Gasteiger charge is 2.34. The standard InChI is InChI=1S/C32H39N3O5S/c1-3-30(32(37)33-26-16-9-5-10-17-26)34(23-25-14-7-4-8-15-25)31(36)24-35(27-18-13-19-28(22-27)40-2)41(38,39)29-20-11-6-12-21-29/h4,6-8,11-15,18-22,26,30H,3,5,9-10,16-17,23-24H2,1-2H3,(H,33,37)/t30-/m0/s1. The van der Waals surface area contributed by atoms with Crippen LogP contribution >= 0.6 is 0 Å². The van der Waals surface area contributed by atoms with Crippen LogP contribution in [0.15, 0.2) is 89.8 Å². The second-order valence-corrected chi connectivity index (χ2v) is 12.2. The highest BCUT2D eigenvalue weighted by Crippen LogP contribution is 2.28. The molecule has 3 aromatic rings. The summed E-state index contributed by atoms with van der Waals surface area (Å²) in [6, 6.07) is 23.4. The number of rotatable bonds is 12. The molecule has 41 heavy (non-hydrogen) atoms. The Morgan fingerprint density at radius 3 is 2.22 bits per heavy atom. The summed E-state index contributed by atoms with van der Waals surface area (Å²) >= 11 is 0. The molecule has 1 N–H and O–H groups in total. The number of nitrogens with one attached hydrogen (secondary N) is 1. The van der Waals surface area contributed by atoms with E-state index in [-0.39, 0.29) is 23.4 Å². The molecule has 1 atom stereocenters. The number of carbonyl (C=O) groups excluding carboxylic acids is 2. The Morgan fingerprint density at radius 1 is 0.927 bits per heavy atom. The number of methoxy groups -OCH3 is 1. The molecule has 0 unspecified atom stereocenters. The number of hydrogen-bond donors (Lipinski definition) is 1. The van der Waals surface area contributed by atoms with Crippen LogP contribution in [-0.4, -0.2) is 50.9 Å². The summed E-state index contributed by atoms with van der Waals surface area (Å²) in [4.78, 5) is 29.3. The normalized spacial score (nSPS) is 14.6. The molecule has 2 amide bonds. The maximum Gasteiger partial charge on any atom is 0.264 e. The second-order valence-electron chi connectivity index (χ2n) is 10.3. The van der Waals surface area contributed by atoms with Crippen molar-refractivity contribution < 1.29 is 22.7 Å². The zero-order valence-corrected chi connectivity index (χ0v) is 24.6. The lowest BCUT2D eigenvalue weighted by Gasteiger charge is -2.34. The van der Waals surface area contributed by atoms with Crippen LogP contribution in [0.4, 0.5) is 5.69 Å². The smallest absolute Gasteiger partial charge is 0.264 e. The van der Waals surface area contributed by atoms with Gasteiger partial charge in [-0.15, -0.1) is 0 Å². The number of amides is 2. The first kappa shape index (κ1) is 30.1. The van der Waals surface area contributed by atoms with Crippen LogP contribution in [-0.2, 0) is 26.2 Å². The van der Waals surface area contributed by atoms with Gasteiger partial charge in [0.05, 0.1) is 17.7 Å². The number of ether oxygens (including phenoxy) is 1. The van der Waals surface area contributed by atoms with Crippen molar-refractivity contribution in [3.05, 3.63) is 90.5 Å². The molecule has 0 heterocycles. The summed E-state index contributed by atoms with van der Waals surface area (Å²) in [7, 11) is -2.63. The van der Waals surface area contributed by atoms with Gasteiger partial charge in [0, 0.05) is 18.7 Å². The van der Waals surface area contributed by atoms with Gasteiger partial charge >= 0.3 is 0 Å². The van der Waals surface area contributed by atoms with E-state index in [9.17, 15) is 18.0 Å². The lowest BCUT2D eigenvalue weighted by atomic mass is 9.95. The summed E-state index contributed by atoms with van der Waals surface area (Å²) in [6.07, 6.45) is 5.55. The molecule has 1 aliphatic rings. The molecule has 0 aromatic heterocycles. The van der Waals surface area contributed by atoms with Crippen molar-refractivity contribution in [3.8, 4) is 5.75 Å². The third-order valence-electron chi connectivity index (χ3n) is 7.48. The predicted octanol–water partition coefficient (Wildman–Crippen LogP) is 5.15. The minimum Gasteiger partial charge on any atom is -0.497 e. The van der Waals surface area contributed by atoms with E-state index in [4.69, 9.17) is 4.74 Å². The van der Waals surface area contributed by atoms with Crippen molar-refractivity contribution in [1.29, 1.82) is 0 Å². The van der Waals surface area contributed by atoms with E-state index >= 15 is 0 Å². The van der Waals surface area contributed by atoms with E-state index in [2.05, 4.69) is 5.32 Å². The predicted molar refractivity (Wildman–Crippen MR) is 160 cm³/mol. The molecule has 0 aliphatic heterocycles. The number of hydrogen-bond acceptors (Lipinski definition) is 5. The van der Waals surface area contributed by atoms with Gasteiger partial charge in [0.25, 0.3) is 10.0 Å². The van der Waals surface area contributed by atoms with Crippen LogP contribution in [0.25, 0.3) is 0 Å². The average molecular weight is 578 g/mol. The highest BCUT2D eigenvalue weighted by atomic mass is 32.2. The van der Waals surface area contributed by atoms with Crippen LogP contribution in [0.3, 0.4) is 0 Å². The molecule has 0 radical (unpaired) electrons. The van der Waals surface area contributed by atoms with Crippen molar-refractivity contribution in [2.45, 2.75) is 69.0 Å². The monoisotopic (exact) mass is 577 g/mol. The summed E-state index contributed by atoms with van der Waals surface area (Å²) in [5.41, 5.74) is 1.14. The van der Waals surface area contributed by atoms with Gasteiger partial charge in [0.15, 0.2) is 0 Å². The van der Waals surface area contributed by atoms with Gasteiger partial charge < -0.3 is 15.0 Å². The number of sulfonamides is 1. The SMILES string of the molecule is CC[C@@H](C(=O)NC1CCCCC1)N(Cc1ccccc1)C(=O)CN(c1cccc(OC)c1)S(=O)(=O)c1ccccc1. The molecule has 3 aromatic carbocycles. The fourth-order valence-electron chi connectivity index (χ4n) is 5.26. The van der Waals surface area contributed by atoms with Crippen LogP contribution in [0.1, 0.15) is 51.0 Å². The van der Waals surface area contributed by atoms with E-state index in [1.165, 1.54) is 24.1 Å². The molecular weight excluding hydrogens is 538 g/mol. The third kappa shape index (κ3) is 7.67. The van der Waals surface area contributed by atoms with Crippen molar-refractivity contribution in [1.82, 2.24) is 10.2 Å². The fourth-order valence-corrected chi connectivity index (χ4v) is 6.69. The molecular formula is C32H39N3O5S. The van der Waals surface area contributed by atoms with E-state index in [0.717, 1.165) is 42.0 Å². The van der Waals surface area contributed by atoms with Crippen LogP contribution < -0.4 is 14.4 Å². The number of nitrogens with zero attached hydrogens (tertiary/aromatic N) is 2. The Morgan fingerprint density at radius 2 is 1.59 bits per heavy atom. The molecule has 0 bridgehead atoms. The highest BCUT2D eigenvalue weighted by molar-refractivity contribution is 7.92. The Hall–Kier alpha value is -3.85. The fraction of sp³-hybridized carbons (Fsp3) is 0.375. The maximum absolute atomic E-state index is 14.2. The molecule has 0 spiro atoms. The summed E-state index contributed by atoms with van der Waals surface area (Å²) in [5.74, 6) is -0.216. The molecule has 218 valence electrons. The van der Waals surface area contributed by atoms with E-state index < -0.39 is 28.5 Å².